The maximum absolute atomic E-state index is 13.9. The Balaban J connectivity index is 1.46. The number of H-pyrrole nitrogens is 1. The zero-order valence-electron chi connectivity index (χ0n) is 43.5. The number of carbonyl (C=O) groups excluding carboxylic acids is 4. The van der Waals surface area contributed by atoms with Gasteiger partial charge >= 0.3 is 23.9 Å². The molecule has 0 radical (unpaired) electrons. The molecule has 5 atom stereocenters. The first-order valence-electron chi connectivity index (χ1n) is 24.8. The molecule has 2 saturated heterocycles. The topological polar surface area (TPSA) is 156 Å². The molecule has 1 aromatic heterocycles. The molecule has 374 valence electrons. The second-order valence-electron chi connectivity index (χ2n) is 23.9. The number of aromatic amines is 1. The average Bonchev–Trinajstić information content (AvgIpc) is 3.62. The van der Waals surface area contributed by atoms with Crippen LogP contribution in [0.25, 0.3) is 6.08 Å². The number of esters is 4. The van der Waals surface area contributed by atoms with Crippen LogP contribution >= 0.6 is 0 Å². The van der Waals surface area contributed by atoms with Crippen LogP contribution in [0.5, 0.6) is 5.88 Å². The van der Waals surface area contributed by atoms with Gasteiger partial charge in [0.05, 0.1) is 21.7 Å². The van der Waals surface area contributed by atoms with Gasteiger partial charge in [0.25, 0.3) is 0 Å². The van der Waals surface area contributed by atoms with E-state index in [1.807, 2.05) is 0 Å². The molecule has 67 heavy (non-hydrogen) atoms. The second kappa shape index (κ2) is 21.6. The molecule has 5 rings (SSSR count). The summed E-state index contributed by atoms with van der Waals surface area (Å²) in [6.45, 7) is 29.7. The number of hydrogen-bond donors (Lipinski definition) is 1. The summed E-state index contributed by atoms with van der Waals surface area (Å²) in [5, 5.41) is 7.83. The summed E-state index contributed by atoms with van der Waals surface area (Å²) in [5.74, 6) is -2.25. The van der Waals surface area contributed by atoms with Gasteiger partial charge in [0.2, 0.25) is 18.3 Å². The van der Waals surface area contributed by atoms with Crippen molar-refractivity contribution < 1.29 is 47.6 Å². The summed E-state index contributed by atoms with van der Waals surface area (Å²) in [7, 11) is 0. The van der Waals surface area contributed by atoms with Crippen LogP contribution in [0, 0.1) is 34.0 Å². The Bertz CT molecular complexity index is 2050. The van der Waals surface area contributed by atoms with E-state index in [1.54, 1.807) is 83.1 Å². The van der Waals surface area contributed by atoms with Crippen molar-refractivity contribution in [3.8, 4) is 5.88 Å². The highest BCUT2D eigenvalue weighted by Gasteiger charge is 2.56. The van der Waals surface area contributed by atoms with Crippen LogP contribution in [0.3, 0.4) is 0 Å². The highest BCUT2D eigenvalue weighted by molar-refractivity contribution is 5.78. The molecule has 1 spiro atoms. The molecule has 1 saturated carbocycles. The second-order valence-corrected chi connectivity index (χ2v) is 23.9. The first-order chi connectivity index (χ1) is 31.1. The van der Waals surface area contributed by atoms with Gasteiger partial charge < -0.3 is 33.3 Å². The van der Waals surface area contributed by atoms with Gasteiger partial charge in [-0.1, -0.05) is 63.5 Å². The van der Waals surface area contributed by atoms with Crippen molar-refractivity contribution >= 4 is 30.0 Å². The van der Waals surface area contributed by atoms with Gasteiger partial charge in [0.15, 0.2) is 12.2 Å². The Morgan fingerprint density at radius 2 is 1.36 bits per heavy atom. The molecule has 3 fully saturated rings. The van der Waals surface area contributed by atoms with Gasteiger partial charge in [-0.25, -0.2) is 0 Å². The smallest absolute Gasteiger partial charge is 0.311 e. The van der Waals surface area contributed by atoms with E-state index in [2.05, 4.69) is 66.2 Å². The van der Waals surface area contributed by atoms with Gasteiger partial charge in [0.1, 0.15) is 12.7 Å². The summed E-state index contributed by atoms with van der Waals surface area (Å²) in [6, 6.07) is 6.46. The van der Waals surface area contributed by atoms with Crippen LogP contribution < -0.4 is 4.74 Å². The van der Waals surface area contributed by atoms with E-state index in [4.69, 9.17) is 28.4 Å². The number of rotatable bonds is 14. The predicted molar refractivity (Wildman–Crippen MR) is 259 cm³/mol. The lowest BCUT2D eigenvalue weighted by Gasteiger charge is -2.45. The molecular formula is C54H83N3O10. The van der Waals surface area contributed by atoms with Gasteiger partial charge in [-0.3, -0.25) is 24.3 Å². The first-order valence-corrected chi connectivity index (χ1v) is 24.8. The van der Waals surface area contributed by atoms with Gasteiger partial charge in [-0.05, 0) is 157 Å². The molecule has 13 heteroatoms. The fraction of sp³-hybridized carbons (Fsp3) is 0.722. The van der Waals surface area contributed by atoms with E-state index in [0.717, 1.165) is 40.9 Å². The largest absolute Gasteiger partial charge is 0.462 e. The third-order valence-corrected chi connectivity index (χ3v) is 13.1. The predicted octanol–water partition coefficient (Wildman–Crippen LogP) is 10.4. The molecule has 1 aliphatic carbocycles. The highest BCUT2D eigenvalue weighted by atomic mass is 16.7. The summed E-state index contributed by atoms with van der Waals surface area (Å²) >= 11 is 0. The number of aromatic nitrogens is 2. The summed E-state index contributed by atoms with van der Waals surface area (Å²) in [5.41, 5.74) is 1.56. The Kier molecular flexibility index (Phi) is 17.3. The van der Waals surface area contributed by atoms with E-state index in [-0.39, 0.29) is 11.8 Å². The van der Waals surface area contributed by atoms with E-state index < -0.39 is 82.8 Å². The maximum Gasteiger partial charge on any atom is 0.311 e. The van der Waals surface area contributed by atoms with Crippen LogP contribution in [0.4, 0.5) is 0 Å². The number of likely N-dealkylation sites (tertiary alicyclic amines) is 1. The minimum atomic E-state index is -1.47. The number of aryl methyl sites for hydroxylation is 1. The number of carbonyl (C=O) groups is 4. The minimum Gasteiger partial charge on any atom is -0.462 e. The Morgan fingerprint density at radius 3 is 1.93 bits per heavy atom. The number of nitrogens with zero attached hydrogens (tertiary/aromatic N) is 2. The maximum atomic E-state index is 13.9. The van der Waals surface area contributed by atoms with Crippen molar-refractivity contribution in [2.45, 2.75) is 198 Å². The quantitative estimate of drug-likeness (QED) is 0.142. The summed E-state index contributed by atoms with van der Waals surface area (Å²) in [6.07, 6.45) is 8.60. The van der Waals surface area contributed by atoms with Crippen molar-refractivity contribution in [2.75, 3.05) is 26.2 Å². The lowest BCUT2D eigenvalue weighted by atomic mass is 9.69. The van der Waals surface area contributed by atoms with E-state index in [9.17, 15) is 19.2 Å². The van der Waals surface area contributed by atoms with Crippen molar-refractivity contribution in [3.05, 3.63) is 52.2 Å². The molecule has 0 unspecified atom stereocenters. The molecule has 2 aromatic rings. The Labute approximate surface area is 401 Å². The SMILES string of the molecule is Cc1cc(/C=C/CCN2CCCC3(CCCCC3)C2)ccc1Cc1c(O[C@@H]2O[C@H](COC(=O)C(C)(C)C)[C@@H](OC(=O)C(C)(C)C)[C@H](OC(=O)C(C)(C)C)[C@H]2OC(=O)C(C)(C)C)n[nH]c1C(C)C. The van der Waals surface area contributed by atoms with Crippen LogP contribution in [-0.4, -0.2) is 95.9 Å². The zero-order chi connectivity index (χ0) is 49.7. The Hall–Kier alpha value is -4.23. The molecule has 1 aromatic carbocycles. The Morgan fingerprint density at radius 1 is 0.791 bits per heavy atom. The molecular weight excluding hydrogens is 851 g/mol. The van der Waals surface area contributed by atoms with Crippen LogP contribution in [-0.2, 0) is 49.3 Å². The summed E-state index contributed by atoms with van der Waals surface area (Å²) < 4.78 is 37.7. The van der Waals surface area contributed by atoms with Crippen molar-refractivity contribution in [2.24, 2.45) is 27.1 Å². The number of piperidine rings is 1. The van der Waals surface area contributed by atoms with Crippen LogP contribution in [0.15, 0.2) is 24.3 Å². The summed E-state index contributed by atoms with van der Waals surface area (Å²) in [4.78, 5) is 57.3. The molecule has 0 amide bonds. The van der Waals surface area contributed by atoms with E-state index >= 15 is 0 Å². The van der Waals surface area contributed by atoms with Crippen LogP contribution in [0.1, 0.15) is 182 Å². The highest BCUT2D eigenvalue weighted by Crippen LogP contribution is 2.43. The molecule has 3 aliphatic rings. The minimum absolute atomic E-state index is 0.0169. The molecule has 1 N–H and O–H groups in total. The van der Waals surface area contributed by atoms with Crippen molar-refractivity contribution in [1.82, 2.24) is 15.1 Å². The lowest BCUT2D eigenvalue weighted by molar-refractivity contribution is -0.294. The fourth-order valence-electron chi connectivity index (χ4n) is 8.90. The lowest BCUT2D eigenvalue weighted by Crippen LogP contribution is -2.65. The third kappa shape index (κ3) is 14.4. The van der Waals surface area contributed by atoms with Gasteiger partial charge in [-0.15, -0.1) is 5.10 Å². The number of nitrogens with one attached hydrogen (secondary N) is 1. The fourth-order valence-corrected chi connectivity index (χ4v) is 8.90. The molecule has 2 aliphatic heterocycles. The number of benzene rings is 1. The third-order valence-electron chi connectivity index (χ3n) is 13.1. The van der Waals surface area contributed by atoms with Gasteiger partial charge in [0, 0.05) is 30.8 Å². The average molecular weight is 934 g/mol. The number of ether oxygens (including phenoxy) is 6. The zero-order valence-corrected chi connectivity index (χ0v) is 43.5. The van der Waals surface area contributed by atoms with E-state index in [1.165, 1.54) is 58.0 Å². The molecule has 0 bridgehead atoms. The standard InChI is InChI=1S/C54H83N3O10/c1-34(2)40-38(31-37-24-23-36(30-35(37)3)22-17-20-28-57-29-21-27-54(33-57)25-18-16-19-26-54)44(56-55-40)67-45-43(66-49(61)53(13,14)15)42(65-48(60)52(10,11)12)41(64-47(59)51(7,8)9)39(63-45)32-62-46(58)50(4,5)6/h17,22-24,30,34,39,41-43,45H,16,18-21,25-29,31-33H2,1-15H3,(H,55,56)/b22-17+/t39-,41-,42+,43-,45+/m1/s1. The molecule has 13 nitrogen and oxygen atoms in total. The number of hydrogen-bond acceptors (Lipinski definition) is 12. The van der Waals surface area contributed by atoms with Crippen molar-refractivity contribution in [3.63, 3.8) is 0 Å². The van der Waals surface area contributed by atoms with Crippen LogP contribution in [0.2, 0.25) is 0 Å². The normalized spacial score (nSPS) is 23.0. The molecule has 3 heterocycles. The first kappa shape index (κ1) is 53.7. The monoisotopic (exact) mass is 934 g/mol. The van der Waals surface area contributed by atoms with Crippen molar-refractivity contribution in [1.29, 1.82) is 0 Å². The van der Waals surface area contributed by atoms with E-state index in [0.29, 0.717) is 11.8 Å². The van der Waals surface area contributed by atoms with Gasteiger partial charge in [-0.2, -0.15) is 0 Å².